The van der Waals surface area contributed by atoms with E-state index in [9.17, 15) is 12.8 Å². The van der Waals surface area contributed by atoms with E-state index in [1.54, 1.807) is 0 Å². The summed E-state index contributed by atoms with van der Waals surface area (Å²) < 4.78 is 40.8. The molecule has 8 heteroatoms. The van der Waals surface area contributed by atoms with Crippen LogP contribution >= 0.6 is 11.3 Å². The molecule has 1 aliphatic rings. The fourth-order valence-corrected chi connectivity index (χ4v) is 5.12. The van der Waals surface area contributed by atoms with Crippen molar-refractivity contribution in [1.82, 2.24) is 10.2 Å². The topological polar surface area (TPSA) is 72.0 Å². The van der Waals surface area contributed by atoms with E-state index < -0.39 is 20.7 Å². The fourth-order valence-electron chi connectivity index (χ4n) is 2.80. The highest BCUT2D eigenvalue weighted by Gasteiger charge is 2.49. The van der Waals surface area contributed by atoms with Crippen molar-refractivity contribution in [2.24, 2.45) is 0 Å². The maximum absolute atomic E-state index is 13.8. The Hall–Kier alpha value is -2.32. The van der Waals surface area contributed by atoms with Crippen molar-refractivity contribution in [2.45, 2.75) is 23.2 Å². The monoisotopic (exact) mass is 375 g/mol. The molecule has 0 spiro atoms. The van der Waals surface area contributed by atoms with Crippen LogP contribution in [0.25, 0.3) is 0 Å². The molecule has 1 N–H and O–H groups in total. The van der Waals surface area contributed by atoms with Gasteiger partial charge in [0.1, 0.15) is 15.7 Å². The lowest BCUT2D eigenvalue weighted by atomic mass is 9.97. The summed E-state index contributed by atoms with van der Waals surface area (Å²) in [6.45, 7) is 0. The molecule has 2 aromatic carbocycles. The smallest absolute Gasteiger partial charge is 0.253 e. The molecule has 0 unspecified atom stereocenters. The molecule has 0 radical (unpaired) electrons. The number of anilines is 1. The van der Waals surface area contributed by atoms with Crippen LogP contribution in [0.1, 0.15) is 23.4 Å². The van der Waals surface area contributed by atoms with E-state index in [-0.39, 0.29) is 10.5 Å². The van der Waals surface area contributed by atoms with Gasteiger partial charge in [0.25, 0.3) is 10.0 Å². The molecule has 0 amide bonds. The highest BCUT2D eigenvalue weighted by atomic mass is 32.2. The van der Waals surface area contributed by atoms with E-state index in [1.165, 1.54) is 29.5 Å². The molecule has 0 atom stereocenters. The second kappa shape index (κ2) is 5.89. The Bertz CT molecular complexity index is 1020. The first kappa shape index (κ1) is 16.2. The molecule has 0 saturated heterocycles. The van der Waals surface area contributed by atoms with Gasteiger partial charge in [-0.15, -0.1) is 10.2 Å². The minimum absolute atomic E-state index is 0.139. The van der Waals surface area contributed by atoms with Crippen molar-refractivity contribution in [3.05, 3.63) is 71.0 Å². The van der Waals surface area contributed by atoms with Gasteiger partial charge in [-0.1, -0.05) is 53.8 Å². The summed E-state index contributed by atoms with van der Waals surface area (Å²) in [7, 11) is -4.04. The van der Waals surface area contributed by atoms with Crippen LogP contribution in [0.5, 0.6) is 0 Å². The molecule has 1 heterocycles. The summed E-state index contributed by atoms with van der Waals surface area (Å²) in [5.74, 6) is -0.803. The van der Waals surface area contributed by atoms with Gasteiger partial charge in [-0.25, -0.2) is 12.8 Å². The summed E-state index contributed by atoms with van der Waals surface area (Å²) in [5, 5.41) is 9.03. The van der Waals surface area contributed by atoms with Crippen LogP contribution in [-0.4, -0.2) is 18.6 Å². The zero-order valence-corrected chi connectivity index (χ0v) is 14.6. The number of halogens is 1. The fraction of sp³-hybridized carbons (Fsp3) is 0.176. The van der Waals surface area contributed by atoms with Crippen LogP contribution in [0.15, 0.2) is 59.5 Å². The van der Waals surface area contributed by atoms with Crippen LogP contribution < -0.4 is 4.72 Å². The summed E-state index contributed by atoms with van der Waals surface area (Å²) >= 11 is 1.19. The molecular weight excluding hydrogens is 361 g/mol. The molecule has 0 aliphatic heterocycles. The summed E-state index contributed by atoms with van der Waals surface area (Å²) in [4.78, 5) is -0.407. The number of sulfonamides is 1. The molecular formula is C17H14FN3O2S2. The van der Waals surface area contributed by atoms with Gasteiger partial charge in [0.2, 0.25) is 5.13 Å². The van der Waals surface area contributed by atoms with E-state index >= 15 is 0 Å². The number of nitrogens with zero attached hydrogens (tertiary/aromatic N) is 2. The highest BCUT2D eigenvalue weighted by molar-refractivity contribution is 7.93. The van der Waals surface area contributed by atoms with Gasteiger partial charge in [0.15, 0.2) is 0 Å². The van der Waals surface area contributed by atoms with Gasteiger partial charge in [-0.2, -0.15) is 0 Å². The van der Waals surface area contributed by atoms with Crippen molar-refractivity contribution in [2.75, 3.05) is 4.72 Å². The maximum Gasteiger partial charge on any atom is 0.266 e. The molecule has 128 valence electrons. The molecule has 25 heavy (non-hydrogen) atoms. The quantitative estimate of drug-likeness (QED) is 0.740. The van der Waals surface area contributed by atoms with Crippen LogP contribution in [0.4, 0.5) is 9.52 Å². The van der Waals surface area contributed by atoms with Crippen LogP contribution in [0.3, 0.4) is 0 Å². The molecule has 5 nitrogen and oxygen atoms in total. The molecule has 1 saturated carbocycles. The first-order valence-electron chi connectivity index (χ1n) is 7.68. The number of aromatic nitrogens is 2. The Morgan fingerprint density at radius 2 is 1.68 bits per heavy atom. The number of hydrogen-bond donors (Lipinski definition) is 1. The predicted molar refractivity (Wildman–Crippen MR) is 93.6 cm³/mol. The number of benzene rings is 2. The third kappa shape index (κ3) is 2.91. The van der Waals surface area contributed by atoms with E-state index in [0.29, 0.717) is 0 Å². The molecule has 3 aromatic rings. The van der Waals surface area contributed by atoms with Crippen LogP contribution in [0.2, 0.25) is 0 Å². The minimum atomic E-state index is -4.04. The van der Waals surface area contributed by atoms with Crippen LogP contribution in [0, 0.1) is 5.82 Å². The summed E-state index contributed by atoms with van der Waals surface area (Å²) in [6, 6.07) is 15.2. The lowest BCUT2D eigenvalue weighted by Gasteiger charge is -2.11. The molecule has 0 bridgehead atoms. The van der Waals surface area contributed by atoms with Crippen molar-refractivity contribution in [3.8, 4) is 0 Å². The summed E-state index contributed by atoms with van der Waals surface area (Å²) in [5.41, 5.74) is 0.968. The Balaban J connectivity index is 1.62. The zero-order chi connectivity index (χ0) is 17.5. The van der Waals surface area contributed by atoms with Gasteiger partial charge < -0.3 is 0 Å². The van der Waals surface area contributed by atoms with Crippen LogP contribution in [-0.2, 0) is 15.4 Å². The third-order valence-electron chi connectivity index (χ3n) is 4.26. The molecule has 1 fully saturated rings. The Kier molecular flexibility index (Phi) is 3.81. The van der Waals surface area contributed by atoms with E-state index in [2.05, 4.69) is 14.9 Å². The van der Waals surface area contributed by atoms with E-state index in [4.69, 9.17) is 0 Å². The van der Waals surface area contributed by atoms with E-state index in [0.717, 1.165) is 29.5 Å². The molecule has 1 aliphatic carbocycles. The van der Waals surface area contributed by atoms with Gasteiger partial charge >= 0.3 is 0 Å². The predicted octanol–water partition coefficient (Wildman–Crippen LogP) is 3.56. The standard InChI is InChI=1S/C17H14FN3O2S2/c18-13-8-4-5-9-14(13)25(22,23)21-16-20-19-15(24-16)17(10-11-17)12-6-2-1-3-7-12/h1-9H,10-11H2,(H,20,21). The Morgan fingerprint density at radius 1 is 1.00 bits per heavy atom. The van der Waals surface area contributed by atoms with Crippen molar-refractivity contribution in [3.63, 3.8) is 0 Å². The largest absolute Gasteiger partial charge is 0.266 e. The zero-order valence-electron chi connectivity index (χ0n) is 13.0. The maximum atomic E-state index is 13.8. The Morgan fingerprint density at radius 3 is 2.36 bits per heavy atom. The SMILES string of the molecule is O=S(=O)(Nc1nnc(C2(c3ccccc3)CC2)s1)c1ccccc1F. The van der Waals surface area contributed by atoms with Crippen molar-refractivity contribution >= 4 is 26.5 Å². The highest BCUT2D eigenvalue weighted by Crippen LogP contribution is 2.54. The number of hydrogen-bond acceptors (Lipinski definition) is 5. The average Bonchev–Trinajstić information content (AvgIpc) is 3.30. The third-order valence-corrected chi connectivity index (χ3v) is 6.80. The Labute approximate surface area is 148 Å². The number of nitrogens with one attached hydrogen (secondary N) is 1. The van der Waals surface area contributed by atoms with Crippen molar-refractivity contribution in [1.29, 1.82) is 0 Å². The lowest BCUT2D eigenvalue weighted by Crippen LogP contribution is -2.14. The van der Waals surface area contributed by atoms with Gasteiger partial charge in [0, 0.05) is 5.41 Å². The second-order valence-corrected chi connectivity index (χ2v) is 8.52. The van der Waals surface area contributed by atoms with Gasteiger partial charge in [0.05, 0.1) is 0 Å². The minimum Gasteiger partial charge on any atom is -0.253 e. The first-order valence-corrected chi connectivity index (χ1v) is 9.98. The second-order valence-electron chi connectivity index (χ2n) is 5.90. The summed E-state index contributed by atoms with van der Waals surface area (Å²) in [6.07, 6.45) is 1.90. The average molecular weight is 375 g/mol. The molecule has 1 aromatic heterocycles. The number of rotatable bonds is 5. The van der Waals surface area contributed by atoms with Gasteiger partial charge in [-0.3, -0.25) is 4.72 Å². The molecule has 4 rings (SSSR count). The van der Waals surface area contributed by atoms with Gasteiger partial charge in [-0.05, 0) is 30.5 Å². The van der Waals surface area contributed by atoms with Crippen molar-refractivity contribution < 1.29 is 12.8 Å². The van der Waals surface area contributed by atoms with E-state index in [1.807, 2.05) is 30.3 Å². The first-order chi connectivity index (χ1) is 12.0. The normalized spacial score (nSPS) is 15.7. The lowest BCUT2D eigenvalue weighted by molar-refractivity contribution is 0.570.